The molecule has 27 heavy (non-hydrogen) atoms. The van der Waals surface area contributed by atoms with Crippen molar-refractivity contribution in [2.24, 2.45) is 0 Å². The van der Waals surface area contributed by atoms with Crippen molar-refractivity contribution in [3.05, 3.63) is 47.3 Å². The highest BCUT2D eigenvalue weighted by atomic mass is 35.7. The molecular formula is C19H22ClNO6. The summed E-state index contributed by atoms with van der Waals surface area (Å²) in [5, 5.41) is 2.33. The monoisotopic (exact) mass is 395 g/mol. The van der Waals surface area contributed by atoms with E-state index in [9.17, 15) is 0 Å². The molecule has 7 nitrogen and oxygen atoms in total. The number of rotatable bonds is 3. The quantitative estimate of drug-likeness (QED) is 0.411. The number of hydrogen-bond donors (Lipinski definition) is 0. The minimum absolute atomic E-state index is 0.815. The second-order valence-corrected chi connectivity index (χ2v) is 6.58. The molecule has 0 fully saturated rings. The number of ether oxygens (including phenoxy) is 1. The first-order valence-corrected chi connectivity index (χ1v) is 9.62. The van der Waals surface area contributed by atoms with Crippen molar-refractivity contribution in [2.75, 3.05) is 20.2 Å². The molecule has 0 amide bonds. The van der Waals surface area contributed by atoms with Gasteiger partial charge in [0.2, 0.25) is 5.36 Å². The highest BCUT2D eigenvalue weighted by molar-refractivity contribution is 5.88. The van der Waals surface area contributed by atoms with Crippen LogP contribution in [-0.2, 0) is 0 Å². The predicted molar refractivity (Wildman–Crippen MR) is 90.5 cm³/mol. The third-order valence-electron chi connectivity index (χ3n) is 4.31. The van der Waals surface area contributed by atoms with Crippen LogP contribution in [0.25, 0.3) is 22.3 Å². The van der Waals surface area contributed by atoms with Crippen LogP contribution in [0, 0.1) is 17.2 Å². The van der Waals surface area contributed by atoms with Crippen LogP contribution in [0.4, 0.5) is 0 Å². The van der Waals surface area contributed by atoms with Gasteiger partial charge < -0.3 is 9.15 Å². The van der Waals surface area contributed by atoms with Gasteiger partial charge in [-0.3, -0.25) is 0 Å². The summed E-state index contributed by atoms with van der Waals surface area (Å²) in [6.07, 6.45) is 0. The van der Waals surface area contributed by atoms with Crippen molar-refractivity contribution in [1.82, 2.24) is 4.58 Å². The third-order valence-corrected chi connectivity index (χ3v) is 4.31. The maximum Gasteiger partial charge on any atom is 0.203 e. The zero-order valence-corrected chi connectivity index (χ0v) is 16.4. The third kappa shape index (κ3) is 5.41. The first-order valence-electron chi connectivity index (χ1n) is 8.38. The molecule has 3 rings (SSSR count). The Morgan fingerprint density at radius 1 is 1.00 bits per heavy atom. The molecular weight excluding hydrogens is 374 g/mol. The SMILES string of the molecule is CC[N+](CC)=c1ccc2c(C)c3ccc(OC)cc3oc-2c1.[O-][Cl+3]([O-])([O-])[O-]. The van der Waals surface area contributed by atoms with E-state index in [1.807, 2.05) is 12.1 Å². The molecule has 0 unspecified atom stereocenters. The largest absolute Gasteiger partial charge is 0.497 e. The summed E-state index contributed by atoms with van der Waals surface area (Å²) in [5.41, 5.74) is 3.26. The first-order chi connectivity index (χ1) is 12.7. The van der Waals surface area contributed by atoms with Gasteiger partial charge in [-0.05, 0) is 44.5 Å². The van der Waals surface area contributed by atoms with Gasteiger partial charge in [-0.2, -0.15) is 0 Å². The van der Waals surface area contributed by atoms with Crippen molar-refractivity contribution in [1.29, 1.82) is 0 Å². The second-order valence-electron chi connectivity index (χ2n) is 5.82. The summed E-state index contributed by atoms with van der Waals surface area (Å²) in [6, 6.07) is 12.4. The lowest BCUT2D eigenvalue weighted by Gasteiger charge is -2.17. The minimum atomic E-state index is -4.94. The minimum Gasteiger partial charge on any atom is -0.497 e. The van der Waals surface area contributed by atoms with Crippen molar-refractivity contribution in [3.63, 3.8) is 0 Å². The first kappa shape index (κ1) is 21.1. The van der Waals surface area contributed by atoms with Crippen molar-refractivity contribution in [3.8, 4) is 17.1 Å². The zero-order valence-electron chi connectivity index (χ0n) is 15.7. The summed E-state index contributed by atoms with van der Waals surface area (Å²) < 4.78 is 47.7. The summed E-state index contributed by atoms with van der Waals surface area (Å²) in [7, 11) is -3.27. The Bertz CT molecular complexity index is 949. The average Bonchev–Trinajstić information content (AvgIpc) is 2.61. The molecule has 1 aromatic carbocycles. The molecule has 0 bridgehead atoms. The summed E-state index contributed by atoms with van der Waals surface area (Å²) in [6.45, 7) is 8.46. The number of fused-ring (bicyclic) bond motifs is 2. The van der Waals surface area contributed by atoms with Gasteiger partial charge in [0.15, 0.2) is 0 Å². The van der Waals surface area contributed by atoms with Crippen LogP contribution in [0.1, 0.15) is 19.4 Å². The number of halogens is 1. The molecule has 0 atom stereocenters. The van der Waals surface area contributed by atoms with Gasteiger partial charge in [0.25, 0.3) is 0 Å². The van der Waals surface area contributed by atoms with E-state index in [2.05, 4.69) is 49.6 Å². The maximum absolute atomic E-state index is 8.49. The molecule has 2 aliphatic rings. The van der Waals surface area contributed by atoms with E-state index in [1.165, 1.54) is 10.9 Å². The zero-order chi connectivity index (χ0) is 20.2. The van der Waals surface area contributed by atoms with Crippen LogP contribution < -0.4 is 33.3 Å². The molecule has 8 heteroatoms. The van der Waals surface area contributed by atoms with Crippen LogP contribution in [0.2, 0.25) is 0 Å². The van der Waals surface area contributed by atoms with Crippen LogP contribution in [0.5, 0.6) is 5.75 Å². The molecule has 0 aromatic heterocycles. The predicted octanol–water partition coefficient (Wildman–Crippen LogP) is -1.09. The lowest BCUT2D eigenvalue weighted by atomic mass is 10.0. The fourth-order valence-corrected chi connectivity index (χ4v) is 2.98. The van der Waals surface area contributed by atoms with Crippen LogP contribution >= 0.6 is 0 Å². The average molecular weight is 396 g/mol. The van der Waals surface area contributed by atoms with Gasteiger partial charge in [0, 0.05) is 23.1 Å². The van der Waals surface area contributed by atoms with Crippen LogP contribution in [0.15, 0.2) is 40.8 Å². The number of benzene rings is 2. The topological polar surface area (TPSA) is 118 Å². The molecule has 1 aliphatic carbocycles. The normalized spacial score (nSPS) is 11.3. The summed E-state index contributed by atoms with van der Waals surface area (Å²) >= 11 is 0. The Balaban J connectivity index is 0.000000465. The smallest absolute Gasteiger partial charge is 0.203 e. The molecule has 0 spiro atoms. The van der Waals surface area contributed by atoms with Gasteiger partial charge >= 0.3 is 0 Å². The highest BCUT2D eigenvalue weighted by Crippen LogP contribution is 2.33. The summed E-state index contributed by atoms with van der Waals surface area (Å²) in [4.78, 5) is 0. The highest BCUT2D eigenvalue weighted by Gasteiger charge is 2.14. The number of methoxy groups -OCH3 is 1. The fraction of sp³-hybridized carbons (Fsp3) is 0.316. The van der Waals surface area contributed by atoms with E-state index in [1.54, 1.807) is 7.11 Å². The van der Waals surface area contributed by atoms with Crippen molar-refractivity contribution < 1.29 is 38.0 Å². The van der Waals surface area contributed by atoms with Gasteiger partial charge in [0.1, 0.15) is 30.2 Å². The van der Waals surface area contributed by atoms with Gasteiger partial charge in [0.05, 0.1) is 13.2 Å². The Hall–Kier alpha value is -2.16. The molecule has 0 saturated heterocycles. The number of nitrogens with zero attached hydrogens (tertiary/aromatic N) is 1. The van der Waals surface area contributed by atoms with E-state index in [-0.39, 0.29) is 0 Å². The van der Waals surface area contributed by atoms with Gasteiger partial charge in [-0.25, -0.2) is 23.2 Å². The van der Waals surface area contributed by atoms with E-state index in [0.717, 1.165) is 41.1 Å². The van der Waals surface area contributed by atoms with Gasteiger partial charge in [-0.1, -0.05) is 0 Å². The lowest BCUT2D eigenvalue weighted by molar-refractivity contribution is -2.00. The fourth-order valence-electron chi connectivity index (χ4n) is 2.98. The number of aryl methyl sites for hydroxylation is 1. The second kappa shape index (κ2) is 8.69. The molecule has 146 valence electrons. The molecule has 1 aliphatic heterocycles. The maximum atomic E-state index is 8.49. The number of hydrogen-bond acceptors (Lipinski definition) is 6. The molecule has 0 radical (unpaired) electrons. The Kier molecular flexibility index (Phi) is 6.80. The Morgan fingerprint density at radius 3 is 2.19 bits per heavy atom. The molecule has 0 saturated carbocycles. The van der Waals surface area contributed by atoms with Gasteiger partial charge in [-0.15, -0.1) is 10.2 Å². The summed E-state index contributed by atoms with van der Waals surface area (Å²) in [5.74, 6) is 1.73. The molecule has 1 aromatic rings. The molecule has 0 N–H and O–H groups in total. The molecule has 1 heterocycles. The van der Waals surface area contributed by atoms with E-state index < -0.39 is 10.2 Å². The van der Waals surface area contributed by atoms with Crippen LogP contribution in [-0.4, -0.2) is 20.2 Å². The van der Waals surface area contributed by atoms with Crippen molar-refractivity contribution >= 4 is 11.0 Å². The van der Waals surface area contributed by atoms with E-state index in [0.29, 0.717) is 0 Å². The van der Waals surface area contributed by atoms with Crippen LogP contribution in [0.3, 0.4) is 0 Å². The van der Waals surface area contributed by atoms with E-state index in [4.69, 9.17) is 27.8 Å². The Labute approximate surface area is 159 Å². The van der Waals surface area contributed by atoms with Crippen molar-refractivity contribution in [2.45, 2.75) is 20.8 Å². The standard InChI is InChI=1S/C19H22NO2.ClHO4/c1-5-20(6-2)14-7-9-16-13(3)17-10-8-15(21-4)12-19(17)22-18(16)11-14;2-1(3,4)5/h7-12H,5-6H2,1-4H3;(H,2,3,4,5)/q+1;/p-1. The van der Waals surface area contributed by atoms with E-state index >= 15 is 0 Å². The Morgan fingerprint density at radius 2 is 1.63 bits per heavy atom. The lowest BCUT2D eigenvalue weighted by Crippen LogP contribution is -2.68.